The predicted molar refractivity (Wildman–Crippen MR) is 68.0 cm³/mol. The summed E-state index contributed by atoms with van der Waals surface area (Å²) >= 11 is 1.66. The fourth-order valence-corrected chi connectivity index (χ4v) is 2.64. The summed E-state index contributed by atoms with van der Waals surface area (Å²) in [4.78, 5) is 10.7. The van der Waals surface area contributed by atoms with Crippen LogP contribution >= 0.6 is 11.3 Å². The second-order valence-electron chi connectivity index (χ2n) is 4.55. The Balaban J connectivity index is 1.93. The van der Waals surface area contributed by atoms with Gasteiger partial charge in [-0.1, -0.05) is 0 Å². The van der Waals surface area contributed by atoms with E-state index < -0.39 is 0 Å². The molecule has 0 atom stereocenters. The fourth-order valence-electron chi connectivity index (χ4n) is 2.00. The van der Waals surface area contributed by atoms with Gasteiger partial charge in [-0.15, -0.1) is 0 Å². The molecule has 0 bridgehead atoms. The van der Waals surface area contributed by atoms with Crippen molar-refractivity contribution in [1.82, 2.24) is 9.78 Å². The summed E-state index contributed by atoms with van der Waals surface area (Å²) in [6, 6.07) is 2.06. The molecule has 2 heterocycles. The number of thiophene rings is 1. The number of nitrogens with zero attached hydrogens (tertiary/aromatic N) is 2. The maximum Gasteiger partial charge on any atom is 0.124 e. The average molecular weight is 246 g/mol. The second-order valence-corrected chi connectivity index (χ2v) is 5.33. The molecule has 1 fully saturated rings. The van der Waals surface area contributed by atoms with Crippen molar-refractivity contribution in [2.75, 3.05) is 0 Å². The Labute approximate surface area is 104 Å². The van der Waals surface area contributed by atoms with E-state index in [-0.39, 0.29) is 0 Å². The number of aldehydes is 1. The Hall–Kier alpha value is -1.42. The Morgan fingerprint density at radius 2 is 2.41 bits per heavy atom. The van der Waals surface area contributed by atoms with Crippen molar-refractivity contribution in [2.24, 2.45) is 5.92 Å². The van der Waals surface area contributed by atoms with Gasteiger partial charge in [0, 0.05) is 35.7 Å². The molecule has 88 valence electrons. The van der Waals surface area contributed by atoms with Crippen LogP contribution in [0.5, 0.6) is 0 Å². The molecule has 0 unspecified atom stereocenters. The van der Waals surface area contributed by atoms with Gasteiger partial charge in [0.2, 0.25) is 0 Å². The van der Waals surface area contributed by atoms with Gasteiger partial charge in [0.15, 0.2) is 0 Å². The number of hydrogen-bond acceptors (Lipinski definition) is 3. The Morgan fingerprint density at radius 1 is 1.53 bits per heavy atom. The normalized spacial score (nSPS) is 15.1. The Morgan fingerprint density at radius 3 is 3.06 bits per heavy atom. The molecule has 0 aromatic carbocycles. The molecule has 2 aromatic rings. The van der Waals surface area contributed by atoms with Crippen molar-refractivity contribution in [3.63, 3.8) is 0 Å². The smallest absolute Gasteiger partial charge is 0.124 e. The van der Waals surface area contributed by atoms with E-state index in [1.54, 1.807) is 11.3 Å². The maximum absolute atomic E-state index is 10.7. The Bertz CT molecular complexity index is 512. The first-order valence-electron chi connectivity index (χ1n) is 5.89. The molecule has 0 radical (unpaired) electrons. The first-order chi connectivity index (χ1) is 8.36. The molecule has 1 aliphatic rings. The van der Waals surface area contributed by atoms with Gasteiger partial charge in [0.1, 0.15) is 6.29 Å². The fraction of sp³-hybridized carbons (Fsp3) is 0.385. The second kappa shape index (κ2) is 4.45. The average Bonchev–Trinajstić information content (AvgIpc) is 2.82. The highest BCUT2D eigenvalue weighted by atomic mass is 32.1. The monoisotopic (exact) mass is 246 g/mol. The van der Waals surface area contributed by atoms with Crippen LogP contribution in [-0.4, -0.2) is 16.1 Å². The van der Waals surface area contributed by atoms with E-state index in [1.807, 2.05) is 16.3 Å². The third-order valence-electron chi connectivity index (χ3n) is 3.08. The highest BCUT2D eigenvalue weighted by Gasteiger charge is 2.23. The summed E-state index contributed by atoms with van der Waals surface area (Å²) in [5, 5.41) is 8.74. The van der Waals surface area contributed by atoms with Crippen LogP contribution in [0.3, 0.4) is 0 Å². The van der Waals surface area contributed by atoms with E-state index in [0.717, 1.165) is 35.6 Å². The largest absolute Gasteiger partial charge is 0.303 e. The quantitative estimate of drug-likeness (QED) is 0.760. The molecule has 4 heteroatoms. The lowest BCUT2D eigenvalue weighted by Crippen LogP contribution is -1.99. The molecule has 0 N–H and O–H groups in total. The van der Waals surface area contributed by atoms with Gasteiger partial charge in [-0.25, -0.2) is 0 Å². The van der Waals surface area contributed by atoms with E-state index in [9.17, 15) is 4.79 Å². The third-order valence-corrected chi connectivity index (χ3v) is 3.76. The van der Waals surface area contributed by atoms with Crippen molar-refractivity contribution in [1.29, 1.82) is 0 Å². The first kappa shape index (κ1) is 10.7. The topological polar surface area (TPSA) is 34.9 Å². The number of hydrogen-bond donors (Lipinski definition) is 0. The van der Waals surface area contributed by atoms with Gasteiger partial charge in [-0.05, 0) is 30.2 Å². The lowest BCUT2D eigenvalue weighted by Gasteiger charge is -1.96. The zero-order valence-corrected chi connectivity index (χ0v) is 10.3. The third kappa shape index (κ3) is 2.31. The summed E-state index contributed by atoms with van der Waals surface area (Å²) in [5.41, 5.74) is 3.14. The molecule has 3 rings (SSSR count). The molecule has 2 aromatic heterocycles. The molecular weight excluding hydrogens is 232 g/mol. The predicted octanol–water partition coefficient (Wildman–Crippen LogP) is 2.76. The Kier molecular flexibility index (Phi) is 2.81. The van der Waals surface area contributed by atoms with E-state index >= 15 is 0 Å². The number of carbonyl (C=O) groups is 1. The van der Waals surface area contributed by atoms with Crippen molar-refractivity contribution in [3.05, 3.63) is 28.6 Å². The highest BCUT2D eigenvalue weighted by Crippen LogP contribution is 2.31. The van der Waals surface area contributed by atoms with Crippen molar-refractivity contribution in [3.8, 4) is 11.3 Å². The van der Waals surface area contributed by atoms with Crippen LogP contribution in [0.4, 0.5) is 0 Å². The lowest BCUT2D eigenvalue weighted by atomic mass is 10.1. The van der Waals surface area contributed by atoms with E-state index in [4.69, 9.17) is 0 Å². The van der Waals surface area contributed by atoms with Crippen LogP contribution in [0.25, 0.3) is 11.3 Å². The van der Waals surface area contributed by atoms with E-state index in [2.05, 4.69) is 16.5 Å². The van der Waals surface area contributed by atoms with Crippen LogP contribution < -0.4 is 0 Å². The maximum atomic E-state index is 10.7. The van der Waals surface area contributed by atoms with Crippen LogP contribution in [0.1, 0.15) is 18.4 Å². The number of aromatic nitrogens is 2. The molecule has 0 spiro atoms. The number of rotatable bonds is 5. The molecule has 3 nitrogen and oxygen atoms in total. The minimum Gasteiger partial charge on any atom is -0.303 e. The van der Waals surface area contributed by atoms with Crippen molar-refractivity contribution in [2.45, 2.75) is 25.8 Å². The highest BCUT2D eigenvalue weighted by molar-refractivity contribution is 7.08. The van der Waals surface area contributed by atoms with Gasteiger partial charge in [-0.2, -0.15) is 16.4 Å². The lowest BCUT2D eigenvalue weighted by molar-refractivity contribution is -0.107. The van der Waals surface area contributed by atoms with Gasteiger partial charge >= 0.3 is 0 Å². The minimum absolute atomic E-state index is 0.454. The van der Waals surface area contributed by atoms with Gasteiger partial charge < -0.3 is 4.79 Å². The first-order valence-corrected chi connectivity index (χ1v) is 6.83. The molecule has 0 aliphatic heterocycles. The van der Waals surface area contributed by atoms with Crippen LogP contribution in [0.2, 0.25) is 0 Å². The molecular formula is C13H14N2OS. The minimum atomic E-state index is 0.454. The van der Waals surface area contributed by atoms with Crippen LogP contribution in [0.15, 0.2) is 23.0 Å². The molecule has 0 amide bonds. The standard InChI is InChI=1S/C13H14N2OS/c16-5-3-11-8-15(7-10-1-2-10)14-13(11)12-4-6-17-9-12/h4-6,8-10H,1-3,7H2. The molecule has 1 saturated carbocycles. The van der Waals surface area contributed by atoms with E-state index in [0.29, 0.717) is 6.42 Å². The zero-order valence-electron chi connectivity index (χ0n) is 9.50. The van der Waals surface area contributed by atoms with E-state index in [1.165, 1.54) is 12.8 Å². The van der Waals surface area contributed by atoms with Crippen LogP contribution in [0, 0.1) is 5.92 Å². The zero-order chi connectivity index (χ0) is 11.7. The SMILES string of the molecule is O=CCc1cn(CC2CC2)nc1-c1ccsc1. The summed E-state index contributed by atoms with van der Waals surface area (Å²) in [6.45, 7) is 0.996. The molecule has 17 heavy (non-hydrogen) atoms. The van der Waals surface area contributed by atoms with Crippen molar-refractivity contribution >= 4 is 17.6 Å². The van der Waals surface area contributed by atoms with Crippen molar-refractivity contribution < 1.29 is 4.79 Å². The summed E-state index contributed by atoms with van der Waals surface area (Å²) in [5.74, 6) is 0.800. The molecule has 0 saturated heterocycles. The van der Waals surface area contributed by atoms with Crippen LogP contribution in [-0.2, 0) is 17.8 Å². The number of carbonyl (C=O) groups excluding carboxylic acids is 1. The summed E-state index contributed by atoms with van der Waals surface area (Å²) in [7, 11) is 0. The summed E-state index contributed by atoms with van der Waals surface area (Å²) < 4.78 is 2.00. The van der Waals surface area contributed by atoms with Gasteiger partial charge in [0.25, 0.3) is 0 Å². The summed E-state index contributed by atoms with van der Waals surface area (Å²) in [6.07, 6.45) is 6.07. The van der Waals surface area contributed by atoms with Gasteiger partial charge in [0.05, 0.1) is 5.69 Å². The molecule has 1 aliphatic carbocycles. The van der Waals surface area contributed by atoms with Gasteiger partial charge in [-0.3, -0.25) is 4.68 Å².